The van der Waals surface area contributed by atoms with E-state index in [1.165, 1.54) is 31.0 Å². The maximum absolute atomic E-state index is 12.4. The van der Waals surface area contributed by atoms with Crippen LogP contribution in [0, 0.1) is 0 Å². The van der Waals surface area contributed by atoms with E-state index < -0.39 is 22.0 Å². The molecule has 1 aromatic carbocycles. The number of nitrogens with zero attached hydrogens (tertiary/aromatic N) is 1. The molecule has 0 aromatic heterocycles. The second-order valence-corrected chi connectivity index (χ2v) is 6.82. The highest BCUT2D eigenvalue weighted by Gasteiger charge is 2.40. The number of sulfonamides is 1. The molecule has 0 radical (unpaired) electrons. The largest absolute Gasteiger partial charge is 0.497 e. The fraction of sp³-hybridized carbons (Fsp3) is 0.364. The number of aliphatic carboxylic acids is 1. The van der Waals surface area contributed by atoms with Crippen molar-refractivity contribution < 1.29 is 23.1 Å². The minimum Gasteiger partial charge on any atom is -0.497 e. The molecule has 1 N–H and O–H groups in total. The van der Waals surface area contributed by atoms with Gasteiger partial charge in [-0.05, 0) is 12.1 Å². The van der Waals surface area contributed by atoms with Crippen molar-refractivity contribution in [1.29, 1.82) is 0 Å². The topological polar surface area (TPSA) is 83.9 Å². The highest BCUT2D eigenvalue weighted by atomic mass is 32.2. The van der Waals surface area contributed by atoms with E-state index in [9.17, 15) is 13.2 Å². The molecule has 104 valence electrons. The van der Waals surface area contributed by atoms with Gasteiger partial charge in [-0.15, -0.1) is 11.8 Å². The van der Waals surface area contributed by atoms with Crippen molar-refractivity contribution in [2.75, 3.05) is 18.7 Å². The Morgan fingerprint density at radius 1 is 1.53 bits per heavy atom. The normalized spacial score (nSPS) is 20.4. The number of carboxylic acid groups (broad SMARTS) is 1. The average Bonchev–Trinajstić information content (AvgIpc) is 2.89. The lowest BCUT2D eigenvalue weighted by molar-refractivity contribution is -0.140. The zero-order valence-electron chi connectivity index (χ0n) is 10.1. The lowest BCUT2D eigenvalue weighted by Gasteiger charge is -2.20. The fourth-order valence-electron chi connectivity index (χ4n) is 1.76. The third-order valence-electron chi connectivity index (χ3n) is 2.77. The van der Waals surface area contributed by atoms with Gasteiger partial charge in [0.25, 0.3) is 0 Å². The van der Waals surface area contributed by atoms with E-state index in [1.54, 1.807) is 12.1 Å². The Bertz CT molecular complexity index is 587. The molecule has 6 nitrogen and oxygen atoms in total. The summed E-state index contributed by atoms with van der Waals surface area (Å²) in [5.41, 5.74) is 0. The van der Waals surface area contributed by atoms with Crippen LogP contribution >= 0.6 is 11.8 Å². The maximum Gasteiger partial charge on any atom is 0.322 e. The zero-order valence-corrected chi connectivity index (χ0v) is 11.8. The predicted octanol–water partition coefficient (Wildman–Crippen LogP) is 0.843. The Morgan fingerprint density at radius 2 is 2.26 bits per heavy atom. The first-order valence-corrected chi connectivity index (χ1v) is 8.02. The van der Waals surface area contributed by atoms with E-state index in [1.807, 2.05) is 0 Å². The van der Waals surface area contributed by atoms with Gasteiger partial charge in [-0.2, -0.15) is 4.31 Å². The molecule has 0 spiro atoms. The van der Waals surface area contributed by atoms with Crippen LogP contribution in [0.3, 0.4) is 0 Å². The molecule has 2 rings (SSSR count). The molecule has 1 heterocycles. The van der Waals surface area contributed by atoms with Crippen LogP contribution in [0.15, 0.2) is 29.2 Å². The number of benzene rings is 1. The van der Waals surface area contributed by atoms with Crippen LogP contribution in [0.5, 0.6) is 5.75 Å². The molecule has 8 heteroatoms. The summed E-state index contributed by atoms with van der Waals surface area (Å²) in [5.74, 6) is -0.300. The first kappa shape index (κ1) is 14.2. The summed E-state index contributed by atoms with van der Waals surface area (Å²) in [4.78, 5) is 11.1. The number of carbonyl (C=O) groups is 1. The monoisotopic (exact) mass is 303 g/mol. The van der Waals surface area contributed by atoms with Gasteiger partial charge in [0, 0.05) is 11.8 Å². The van der Waals surface area contributed by atoms with E-state index in [0.717, 1.165) is 4.31 Å². The summed E-state index contributed by atoms with van der Waals surface area (Å²) in [5, 5.41) is 9.05. The van der Waals surface area contributed by atoms with Gasteiger partial charge in [-0.1, -0.05) is 6.07 Å². The summed E-state index contributed by atoms with van der Waals surface area (Å²) in [6.07, 6.45) is 0. The number of hydrogen-bond donors (Lipinski definition) is 1. The molecule has 0 unspecified atom stereocenters. The van der Waals surface area contributed by atoms with Crippen molar-refractivity contribution in [3.63, 3.8) is 0 Å². The Hall–Kier alpha value is -1.25. The average molecular weight is 303 g/mol. The van der Waals surface area contributed by atoms with Gasteiger partial charge in [-0.25, -0.2) is 8.42 Å². The molecule has 0 aliphatic carbocycles. The Labute approximate surface area is 115 Å². The third-order valence-corrected chi connectivity index (χ3v) is 5.80. The number of methoxy groups -OCH3 is 1. The van der Waals surface area contributed by atoms with Crippen molar-refractivity contribution in [1.82, 2.24) is 4.31 Å². The molecule has 19 heavy (non-hydrogen) atoms. The van der Waals surface area contributed by atoms with E-state index in [2.05, 4.69) is 0 Å². The van der Waals surface area contributed by atoms with Gasteiger partial charge in [0.15, 0.2) is 0 Å². The molecule has 1 aliphatic rings. The van der Waals surface area contributed by atoms with Crippen LogP contribution < -0.4 is 4.74 Å². The minimum absolute atomic E-state index is 0.0422. The molecule has 1 aliphatic heterocycles. The first-order chi connectivity index (χ1) is 8.96. The van der Waals surface area contributed by atoms with Crippen molar-refractivity contribution >= 4 is 27.8 Å². The summed E-state index contributed by atoms with van der Waals surface area (Å²) in [6.45, 7) is 0. The fourth-order valence-corrected chi connectivity index (χ4v) is 4.93. The standard InChI is InChI=1S/C11H13NO5S2/c1-17-8-3-2-4-9(5-8)19(15,16)12-7-18-6-10(12)11(13)14/h2-5,10H,6-7H2,1H3,(H,13,14)/t10-/m0/s1. The zero-order chi connectivity index (χ0) is 14.0. The molecule has 0 saturated carbocycles. The number of rotatable bonds is 4. The van der Waals surface area contributed by atoms with Crippen molar-refractivity contribution in [3.8, 4) is 5.75 Å². The molecule has 1 atom stereocenters. The van der Waals surface area contributed by atoms with Crippen molar-refractivity contribution in [3.05, 3.63) is 24.3 Å². The number of hydrogen-bond acceptors (Lipinski definition) is 5. The Balaban J connectivity index is 2.38. The SMILES string of the molecule is COc1cccc(S(=O)(=O)N2CSC[C@H]2C(=O)O)c1. The van der Waals surface area contributed by atoms with Gasteiger partial charge in [0.05, 0.1) is 17.9 Å². The highest BCUT2D eigenvalue weighted by Crippen LogP contribution is 2.29. The Kier molecular flexibility index (Phi) is 4.02. The number of ether oxygens (including phenoxy) is 1. The lowest BCUT2D eigenvalue weighted by Crippen LogP contribution is -2.41. The van der Waals surface area contributed by atoms with Crippen LogP contribution in [0.25, 0.3) is 0 Å². The van der Waals surface area contributed by atoms with E-state index >= 15 is 0 Å². The van der Waals surface area contributed by atoms with E-state index in [-0.39, 0.29) is 16.5 Å². The second-order valence-electron chi connectivity index (χ2n) is 3.93. The maximum atomic E-state index is 12.4. The van der Waals surface area contributed by atoms with Gasteiger partial charge in [-0.3, -0.25) is 4.79 Å². The number of carboxylic acids is 1. The van der Waals surface area contributed by atoms with Crippen LogP contribution in [-0.2, 0) is 14.8 Å². The summed E-state index contributed by atoms with van der Waals surface area (Å²) >= 11 is 1.28. The molecular weight excluding hydrogens is 290 g/mol. The van der Waals surface area contributed by atoms with Crippen LogP contribution in [0.1, 0.15) is 0 Å². The smallest absolute Gasteiger partial charge is 0.322 e. The second kappa shape index (κ2) is 5.40. The highest BCUT2D eigenvalue weighted by molar-refractivity contribution is 8.00. The Morgan fingerprint density at radius 3 is 2.89 bits per heavy atom. The van der Waals surface area contributed by atoms with Gasteiger partial charge in [0.2, 0.25) is 10.0 Å². The summed E-state index contributed by atoms with van der Waals surface area (Å²) < 4.78 is 30.8. The quantitative estimate of drug-likeness (QED) is 0.887. The summed E-state index contributed by atoms with van der Waals surface area (Å²) in [7, 11) is -2.37. The van der Waals surface area contributed by atoms with Gasteiger partial charge in [0.1, 0.15) is 11.8 Å². The molecule has 1 aromatic rings. The first-order valence-electron chi connectivity index (χ1n) is 5.43. The lowest BCUT2D eigenvalue weighted by atomic mass is 10.3. The molecule has 0 bridgehead atoms. The number of thioether (sulfide) groups is 1. The van der Waals surface area contributed by atoms with Crippen LogP contribution in [-0.4, -0.2) is 48.6 Å². The minimum atomic E-state index is -3.81. The van der Waals surface area contributed by atoms with Crippen LogP contribution in [0.2, 0.25) is 0 Å². The van der Waals surface area contributed by atoms with Gasteiger partial charge >= 0.3 is 5.97 Å². The molecule has 1 saturated heterocycles. The summed E-state index contributed by atoms with van der Waals surface area (Å²) in [6, 6.07) is 5.00. The molecule has 1 fully saturated rings. The molecular formula is C11H13NO5S2. The van der Waals surface area contributed by atoms with Crippen LogP contribution in [0.4, 0.5) is 0 Å². The van der Waals surface area contributed by atoms with Crippen molar-refractivity contribution in [2.45, 2.75) is 10.9 Å². The van der Waals surface area contributed by atoms with Crippen molar-refractivity contribution in [2.24, 2.45) is 0 Å². The van der Waals surface area contributed by atoms with Gasteiger partial charge < -0.3 is 9.84 Å². The molecule has 0 amide bonds. The third kappa shape index (κ3) is 2.70. The van der Waals surface area contributed by atoms with E-state index in [0.29, 0.717) is 5.75 Å². The van der Waals surface area contributed by atoms with E-state index in [4.69, 9.17) is 9.84 Å². The predicted molar refractivity (Wildman–Crippen MR) is 70.8 cm³/mol.